The van der Waals surface area contributed by atoms with Crippen molar-refractivity contribution in [3.05, 3.63) is 33.8 Å². The molecule has 2 aliphatic rings. The molecule has 1 aromatic rings. The van der Waals surface area contributed by atoms with Gasteiger partial charge >= 0.3 is 0 Å². The number of hydrogen-bond donors (Lipinski definition) is 1. The Labute approximate surface area is 104 Å². The number of nitrogens with one attached hydrogen (secondary N) is 1. The smallest absolute Gasteiger partial charge is 0.230 e. The van der Waals surface area contributed by atoms with E-state index in [1.807, 2.05) is 6.07 Å². The minimum atomic E-state index is -0.225. The van der Waals surface area contributed by atoms with Crippen molar-refractivity contribution in [2.75, 3.05) is 6.54 Å². The molecule has 1 heterocycles. The van der Waals surface area contributed by atoms with Crippen LogP contribution in [0.2, 0.25) is 0 Å². The van der Waals surface area contributed by atoms with Crippen LogP contribution >= 0.6 is 15.9 Å². The summed E-state index contributed by atoms with van der Waals surface area (Å²) in [5, 5.41) is 2.99. The van der Waals surface area contributed by atoms with Crippen LogP contribution < -0.4 is 5.32 Å². The highest BCUT2D eigenvalue weighted by Gasteiger charge is 2.46. The SMILES string of the molecule is O=C1NCCC12CCCc1c(Br)cccc12. The highest BCUT2D eigenvalue weighted by atomic mass is 79.9. The van der Waals surface area contributed by atoms with Gasteiger partial charge in [-0.3, -0.25) is 4.79 Å². The highest BCUT2D eigenvalue weighted by molar-refractivity contribution is 9.10. The third-order valence-corrected chi connectivity index (χ3v) is 4.68. The van der Waals surface area contributed by atoms with Crippen molar-refractivity contribution < 1.29 is 4.79 Å². The normalized spacial score (nSPS) is 27.9. The molecule has 1 aliphatic heterocycles. The number of halogens is 1. The van der Waals surface area contributed by atoms with E-state index in [1.54, 1.807) is 0 Å². The lowest BCUT2D eigenvalue weighted by Crippen LogP contribution is -2.38. The van der Waals surface area contributed by atoms with E-state index < -0.39 is 0 Å². The minimum absolute atomic E-state index is 0.225. The molecule has 1 aromatic carbocycles. The van der Waals surface area contributed by atoms with Crippen molar-refractivity contribution in [2.45, 2.75) is 31.1 Å². The lowest BCUT2D eigenvalue weighted by Gasteiger charge is -2.33. The molecule has 1 N–H and O–H groups in total. The van der Waals surface area contributed by atoms with Crippen LogP contribution in [0.3, 0.4) is 0 Å². The molecular weight excluding hydrogens is 266 g/mol. The first-order chi connectivity index (χ1) is 7.74. The number of fused-ring (bicyclic) bond motifs is 2. The maximum absolute atomic E-state index is 12.1. The van der Waals surface area contributed by atoms with Gasteiger partial charge in [0.1, 0.15) is 0 Å². The van der Waals surface area contributed by atoms with Gasteiger partial charge in [0, 0.05) is 11.0 Å². The second kappa shape index (κ2) is 3.59. The minimum Gasteiger partial charge on any atom is -0.355 e. The maximum atomic E-state index is 12.1. The van der Waals surface area contributed by atoms with E-state index in [0.717, 1.165) is 36.7 Å². The molecule has 1 fully saturated rings. The third kappa shape index (κ3) is 1.27. The van der Waals surface area contributed by atoms with E-state index in [4.69, 9.17) is 0 Å². The zero-order valence-electron chi connectivity index (χ0n) is 9.05. The van der Waals surface area contributed by atoms with Crippen molar-refractivity contribution in [1.82, 2.24) is 5.32 Å². The van der Waals surface area contributed by atoms with Gasteiger partial charge in [0.05, 0.1) is 5.41 Å². The summed E-state index contributed by atoms with van der Waals surface area (Å²) in [7, 11) is 0. The van der Waals surface area contributed by atoms with Crippen LogP contribution in [0.5, 0.6) is 0 Å². The number of carbonyl (C=O) groups excluding carboxylic acids is 1. The predicted octanol–water partition coefficient (Wildman–Crippen LogP) is 2.54. The second-order valence-electron chi connectivity index (χ2n) is 4.71. The summed E-state index contributed by atoms with van der Waals surface area (Å²) >= 11 is 3.60. The molecule has 0 saturated carbocycles. The number of rotatable bonds is 0. The van der Waals surface area contributed by atoms with Crippen molar-refractivity contribution in [3.8, 4) is 0 Å². The Bertz CT molecular complexity index is 457. The van der Waals surface area contributed by atoms with Crippen LogP contribution in [0.4, 0.5) is 0 Å². The molecule has 1 aliphatic carbocycles. The molecule has 16 heavy (non-hydrogen) atoms. The monoisotopic (exact) mass is 279 g/mol. The molecule has 0 aromatic heterocycles. The molecular formula is C13H14BrNO. The van der Waals surface area contributed by atoms with Gasteiger partial charge in [-0.1, -0.05) is 28.1 Å². The molecule has 1 amide bonds. The van der Waals surface area contributed by atoms with Crippen LogP contribution in [0, 0.1) is 0 Å². The quantitative estimate of drug-likeness (QED) is 0.777. The standard InChI is InChI=1S/C13H14BrNO/c14-11-5-1-4-10-9(11)3-2-6-13(10)7-8-15-12(13)16/h1,4-5H,2-3,6-8H2,(H,15,16). The lowest BCUT2D eigenvalue weighted by atomic mass is 9.69. The van der Waals surface area contributed by atoms with Gasteiger partial charge in [0.15, 0.2) is 0 Å². The van der Waals surface area contributed by atoms with Crippen LogP contribution in [0.25, 0.3) is 0 Å². The Morgan fingerprint density at radius 3 is 2.94 bits per heavy atom. The number of amides is 1. The summed E-state index contributed by atoms with van der Waals surface area (Å²) in [6, 6.07) is 6.25. The van der Waals surface area contributed by atoms with Crippen LogP contribution in [-0.2, 0) is 16.6 Å². The molecule has 1 atom stereocenters. The summed E-state index contributed by atoms with van der Waals surface area (Å²) in [4.78, 5) is 12.1. The first-order valence-electron chi connectivity index (χ1n) is 5.80. The topological polar surface area (TPSA) is 29.1 Å². The Morgan fingerprint density at radius 2 is 2.19 bits per heavy atom. The lowest BCUT2D eigenvalue weighted by molar-refractivity contribution is -0.124. The van der Waals surface area contributed by atoms with Gasteiger partial charge in [-0.05, 0) is 42.9 Å². The fourth-order valence-electron chi connectivity index (χ4n) is 3.13. The van der Waals surface area contributed by atoms with Crippen molar-refractivity contribution in [3.63, 3.8) is 0 Å². The first kappa shape index (κ1) is 10.3. The zero-order chi connectivity index (χ0) is 11.2. The molecule has 1 spiro atoms. The molecule has 1 unspecified atom stereocenters. The van der Waals surface area contributed by atoms with E-state index in [1.165, 1.54) is 11.1 Å². The number of hydrogen-bond acceptors (Lipinski definition) is 1. The fourth-order valence-corrected chi connectivity index (χ4v) is 3.69. The molecule has 3 rings (SSSR count). The van der Waals surface area contributed by atoms with Gasteiger partial charge in [-0.25, -0.2) is 0 Å². The fraction of sp³-hybridized carbons (Fsp3) is 0.462. The van der Waals surface area contributed by atoms with Crippen LogP contribution in [0.1, 0.15) is 30.4 Å². The van der Waals surface area contributed by atoms with E-state index in [-0.39, 0.29) is 11.3 Å². The zero-order valence-corrected chi connectivity index (χ0v) is 10.6. The van der Waals surface area contributed by atoms with Gasteiger partial charge < -0.3 is 5.32 Å². The largest absolute Gasteiger partial charge is 0.355 e. The van der Waals surface area contributed by atoms with Gasteiger partial charge in [-0.15, -0.1) is 0 Å². The van der Waals surface area contributed by atoms with Gasteiger partial charge in [-0.2, -0.15) is 0 Å². The van der Waals surface area contributed by atoms with Gasteiger partial charge in [0.25, 0.3) is 0 Å². The molecule has 2 nitrogen and oxygen atoms in total. The average Bonchev–Trinajstić information content (AvgIpc) is 2.63. The summed E-state index contributed by atoms with van der Waals surface area (Å²) in [6.07, 6.45) is 4.16. The Morgan fingerprint density at radius 1 is 1.31 bits per heavy atom. The molecule has 1 saturated heterocycles. The van der Waals surface area contributed by atoms with Crippen molar-refractivity contribution in [1.29, 1.82) is 0 Å². The van der Waals surface area contributed by atoms with Crippen LogP contribution in [0.15, 0.2) is 22.7 Å². The average molecular weight is 280 g/mol. The highest BCUT2D eigenvalue weighted by Crippen LogP contribution is 2.44. The molecule has 0 bridgehead atoms. The van der Waals surface area contributed by atoms with E-state index in [9.17, 15) is 4.79 Å². The maximum Gasteiger partial charge on any atom is 0.230 e. The number of carbonyl (C=O) groups is 1. The predicted molar refractivity (Wildman–Crippen MR) is 66.4 cm³/mol. The summed E-state index contributed by atoms with van der Waals surface area (Å²) < 4.78 is 1.16. The number of benzene rings is 1. The molecule has 84 valence electrons. The second-order valence-corrected chi connectivity index (χ2v) is 5.56. The van der Waals surface area contributed by atoms with Crippen molar-refractivity contribution >= 4 is 21.8 Å². The van der Waals surface area contributed by atoms with E-state index >= 15 is 0 Å². The van der Waals surface area contributed by atoms with Crippen molar-refractivity contribution in [2.24, 2.45) is 0 Å². The van der Waals surface area contributed by atoms with E-state index in [2.05, 4.69) is 33.4 Å². The van der Waals surface area contributed by atoms with Gasteiger partial charge in [0.2, 0.25) is 5.91 Å². The summed E-state index contributed by atoms with van der Waals surface area (Å²) in [5.41, 5.74) is 2.37. The molecule has 3 heteroatoms. The first-order valence-corrected chi connectivity index (χ1v) is 6.59. The summed E-state index contributed by atoms with van der Waals surface area (Å²) in [5.74, 6) is 0.228. The Kier molecular flexibility index (Phi) is 2.32. The summed E-state index contributed by atoms with van der Waals surface area (Å²) in [6.45, 7) is 0.824. The molecule has 0 radical (unpaired) electrons. The Balaban J connectivity index is 2.20. The van der Waals surface area contributed by atoms with E-state index in [0.29, 0.717) is 0 Å². The Hall–Kier alpha value is -0.830. The van der Waals surface area contributed by atoms with Crippen LogP contribution in [-0.4, -0.2) is 12.5 Å². The third-order valence-electron chi connectivity index (χ3n) is 3.94.